The van der Waals surface area contributed by atoms with Gasteiger partial charge < -0.3 is 9.47 Å². The lowest BCUT2D eigenvalue weighted by molar-refractivity contribution is -0.117. The molecule has 1 aromatic heterocycles. The molecule has 6 heteroatoms. The fourth-order valence-corrected chi connectivity index (χ4v) is 2.70. The van der Waals surface area contributed by atoms with Crippen LogP contribution in [0.1, 0.15) is 12.7 Å². The Labute approximate surface area is 123 Å². The highest BCUT2D eigenvalue weighted by molar-refractivity contribution is 8.00. The SMILES string of the molecule is Cc1nnc(S[C@H](C)C(=O)N(C)c2ccccc2)n1C. The molecule has 0 bridgehead atoms. The summed E-state index contributed by atoms with van der Waals surface area (Å²) in [5.41, 5.74) is 0.888. The van der Waals surface area contributed by atoms with Crippen LogP contribution in [0.5, 0.6) is 0 Å². The quantitative estimate of drug-likeness (QED) is 0.811. The number of carbonyl (C=O) groups is 1. The number of aryl methyl sites for hydroxylation is 1. The fraction of sp³-hybridized carbons (Fsp3) is 0.357. The Morgan fingerprint density at radius 2 is 1.95 bits per heavy atom. The summed E-state index contributed by atoms with van der Waals surface area (Å²) in [4.78, 5) is 14.1. The third-order valence-corrected chi connectivity index (χ3v) is 4.28. The zero-order valence-electron chi connectivity index (χ0n) is 12.1. The molecule has 0 N–H and O–H groups in total. The standard InChI is InChI=1S/C14H18N4OS/c1-10(20-14-16-15-11(2)17(14)3)13(19)18(4)12-8-6-5-7-9-12/h5-10H,1-4H3/t10-/m1/s1. The third-order valence-electron chi connectivity index (χ3n) is 3.16. The van der Waals surface area contributed by atoms with Gasteiger partial charge in [0.15, 0.2) is 5.16 Å². The Morgan fingerprint density at radius 1 is 1.30 bits per heavy atom. The summed E-state index contributed by atoms with van der Waals surface area (Å²) >= 11 is 1.42. The highest BCUT2D eigenvalue weighted by Crippen LogP contribution is 2.24. The average molecular weight is 290 g/mol. The van der Waals surface area contributed by atoms with Gasteiger partial charge in [0.2, 0.25) is 5.91 Å². The van der Waals surface area contributed by atoms with Crippen LogP contribution in [0.2, 0.25) is 0 Å². The lowest BCUT2D eigenvalue weighted by Crippen LogP contribution is -2.33. The predicted molar refractivity (Wildman–Crippen MR) is 80.9 cm³/mol. The van der Waals surface area contributed by atoms with E-state index in [0.29, 0.717) is 0 Å². The molecule has 20 heavy (non-hydrogen) atoms. The van der Waals surface area contributed by atoms with Gasteiger partial charge in [-0.25, -0.2) is 0 Å². The predicted octanol–water partition coefficient (Wildman–Crippen LogP) is 2.27. The summed E-state index contributed by atoms with van der Waals surface area (Å²) in [5.74, 6) is 0.880. The molecule has 0 saturated heterocycles. The van der Waals surface area contributed by atoms with Crippen molar-refractivity contribution in [2.45, 2.75) is 24.3 Å². The lowest BCUT2D eigenvalue weighted by Gasteiger charge is -2.20. The summed E-state index contributed by atoms with van der Waals surface area (Å²) in [6, 6.07) is 9.61. The van der Waals surface area contributed by atoms with Gasteiger partial charge in [0, 0.05) is 19.8 Å². The first-order chi connectivity index (χ1) is 9.50. The topological polar surface area (TPSA) is 51.0 Å². The number of hydrogen-bond acceptors (Lipinski definition) is 4. The molecule has 1 heterocycles. The second-order valence-electron chi connectivity index (χ2n) is 4.58. The molecule has 0 aliphatic rings. The van der Waals surface area contributed by atoms with Crippen molar-refractivity contribution >= 4 is 23.4 Å². The molecular weight excluding hydrogens is 272 g/mol. The first kappa shape index (κ1) is 14.6. The molecule has 0 aliphatic carbocycles. The smallest absolute Gasteiger partial charge is 0.240 e. The molecule has 2 rings (SSSR count). The van der Waals surface area contributed by atoms with Crippen molar-refractivity contribution in [1.29, 1.82) is 0 Å². The third kappa shape index (κ3) is 3.01. The van der Waals surface area contributed by atoms with Crippen molar-refractivity contribution in [3.63, 3.8) is 0 Å². The number of thioether (sulfide) groups is 1. The number of benzene rings is 1. The van der Waals surface area contributed by atoms with E-state index in [1.165, 1.54) is 11.8 Å². The Hall–Kier alpha value is -1.82. The molecule has 0 fully saturated rings. The number of aromatic nitrogens is 3. The zero-order chi connectivity index (χ0) is 14.7. The van der Waals surface area contributed by atoms with Crippen LogP contribution >= 0.6 is 11.8 Å². The van der Waals surface area contributed by atoms with Gasteiger partial charge in [-0.05, 0) is 26.0 Å². The normalized spacial score (nSPS) is 12.2. The van der Waals surface area contributed by atoms with Gasteiger partial charge in [0.05, 0.1) is 5.25 Å². The van der Waals surface area contributed by atoms with E-state index in [1.54, 1.807) is 11.9 Å². The van der Waals surface area contributed by atoms with Gasteiger partial charge in [0.1, 0.15) is 5.82 Å². The van der Waals surface area contributed by atoms with Crippen LogP contribution in [-0.4, -0.2) is 33.0 Å². The van der Waals surface area contributed by atoms with Crippen molar-refractivity contribution in [2.24, 2.45) is 7.05 Å². The molecular formula is C14H18N4OS. The highest BCUT2D eigenvalue weighted by atomic mass is 32.2. The Kier molecular flexibility index (Phi) is 4.44. The van der Waals surface area contributed by atoms with Crippen LogP contribution in [0, 0.1) is 6.92 Å². The number of rotatable bonds is 4. The first-order valence-electron chi connectivity index (χ1n) is 6.36. The van der Waals surface area contributed by atoms with Crippen molar-refractivity contribution in [2.75, 3.05) is 11.9 Å². The molecule has 0 unspecified atom stereocenters. The van der Waals surface area contributed by atoms with Crippen molar-refractivity contribution in [3.05, 3.63) is 36.2 Å². The molecule has 2 aromatic rings. The molecule has 1 atom stereocenters. The number of para-hydroxylation sites is 1. The van der Waals surface area contributed by atoms with Crippen LogP contribution in [0.4, 0.5) is 5.69 Å². The van der Waals surface area contributed by atoms with Gasteiger partial charge >= 0.3 is 0 Å². The summed E-state index contributed by atoms with van der Waals surface area (Å²) in [7, 11) is 3.69. The number of carbonyl (C=O) groups excluding carboxylic acids is 1. The van der Waals surface area contributed by atoms with E-state index >= 15 is 0 Å². The van der Waals surface area contributed by atoms with Gasteiger partial charge in [-0.2, -0.15) is 0 Å². The number of hydrogen-bond donors (Lipinski definition) is 0. The minimum absolute atomic E-state index is 0.0434. The molecule has 0 radical (unpaired) electrons. The van der Waals surface area contributed by atoms with Gasteiger partial charge in [0.25, 0.3) is 0 Å². The van der Waals surface area contributed by atoms with E-state index in [2.05, 4.69) is 10.2 Å². The summed E-state index contributed by atoms with van der Waals surface area (Å²) in [6.45, 7) is 3.77. The molecule has 0 aliphatic heterocycles. The molecule has 0 spiro atoms. The molecule has 106 valence electrons. The second-order valence-corrected chi connectivity index (χ2v) is 5.89. The molecule has 1 aromatic carbocycles. The van der Waals surface area contributed by atoms with Gasteiger partial charge in [-0.15, -0.1) is 10.2 Å². The van der Waals surface area contributed by atoms with Crippen molar-refractivity contribution < 1.29 is 4.79 Å². The largest absolute Gasteiger partial charge is 0.315 e. The minimum atomic E-state index is -0.220. The number of anilines is 1. The summed E-state index contributed by atoms with van der Waals surface area (Å²) in [6.07, 6.45) is 0. The number of amides is 1. The second kappa shape index (κ2) is 6.09. The van der Waals surface area contributed by atoms with E-state index in [4.69, 9.17) is 0 Å². The van der Waals surface area contributed by atoms with Crippen LogP contribution in [0.15, 0.2) is 35.5 Å². The van der Waals surface area contributed by atoms with Crippen LogP contribution in [-0.2, 0) is 11.8 Å². The van der Waals surface area contributed by atoms with Crippen molar-refractivity contribution in [1.82, 2.24) is 14.8 Å². The highest BCUT2D eigenvalue weighted by Gasteiger charge is 2.22. The Bertz CT molecular complexity index is 596. The van der Waals surface area contributed by atoms with E-state index in [9.17, 15) is 4.79 Å². The van der Waals surface area contributed by atoms with E-state index in [1.807, 2.05) is 55.8 Å². The Morgan fingerprint density at radius 3 is 2.50 bits per heavy atom. The minimum Gasteiger partial charge on any atom is -0.315 e. The maximum Gasteiger partial charge on any atom is 0.240 e. The van der Waals surface area contributed by atoms with Gasteiger partial charge in [-0.3, -0.25) is 4.79 Å². The zero-order valence-corrected chi connectivity index (χ0v) is 12.9. The summed E-state index contributed by atoms with van der Waals surface area (Å²) in [5, 5.41) is 8.61. The van der Waals surface area contributed by atoms with Crippen LogP contribution in [0.25, 0.3) is 0 Å². The van der Waals surface area contributed by atoms with Gasteiger partial charge in [-0.1, -0.05) is 30.0 Å². The fourth-order valence-electron chi connectivity index (χ4n) is 1.75. The number of nitrogens with zero attached hydrogens (tertiary/aromatic N) is 4. The molecule has 1 amide bonds. The van der Waals surface area contributed by atoms with Crippen LogP contribution in [0.3, 0.4) is 0 Å². The summed E-state index contributed by atoms with van der Waals surface area (Å²) < 4.78 is 1.89. The monoisotopic (exact) mass is 290 g/mol. The maximum atomic E-state index is 12.4. The molecule has 0 saturated carbocycles. The maximum absolute atomic E-state index is 12.4. The van der Waals surface area contributed by atoms with E-state index in [-0.39, 0.29) is 11.2 Å². The average Bonchev–Trinajstić information content (AvgIpc) is 2.78. The van der Waals surface area contributed by atoms with Crippen molar-refractivity contribution in [3.8, 4) is 0 Å². The van der Waals surface area contributed by atoms with E-state index in [0.717, 1.165) is 16.7 Å². The lowest BCUT2D eigenvalue weighted by atomic mass is 10.3. The Balaban J connectivity index is 2.07. The first-order valence-corrected chi connectivity index (χ1v) is 7.24. The molecule has 5 nitrogen and oxygen atoms in total. The van der Waals surface area contributed by atoms with E-state index < -0.39 is 0 Å². The van der Waals surface area contributed by atoms with Crippen LogP contribution < -0.4 is 4.90 Å².